The van der Waals surface area contributed by atoms with Crippen molar-refractivity contribution < 1.29 is 73.8 Å². The second-order valence-electron chi connectivity index (χ2n) is 9.01. The van der Waals surface area contributed by atoms with Gasteiger partial charge in [0.2, 0.25) is 0 Å². The highest BCUT2D eigenvalue weighted by molar-refractivity contribution is 6.10. The van der Waals surface area contributed by atoms with Gasteiger partial charge < -0.3 is 69.5 Å². The number of ether oxygens (including phenoxy) is 6. The predicted molar refractivity (Wildman–Crippen MR) is 123 cm³/mol. The first-order chi connectivity index (χ1) is 18.4. The van der Waals surface area contributed by atoms with Gasteiger partial charge in [0.25, 0.3) is 5.91 Å². The number of hydrogen-bond donors (Lipinski definition) is 8. The smallest absolute Gasteiger partial charge is 0.340 e. The fourth-order valence-corrected chi connectivity index (χ4v) is 4.13. The molecule has 4 rings (SSSR count). The molecule has 0 saturated carbocycles. The topological polar surface area (TPSA) is 243 Å². The fourth-order valence-electron chi connectivity index (χ4n) is 4.13. The van der Waals surface area contributed by atoms with Gasteiger partial charge in [-0.15, -0.1) is 0 Å². The summed E-state index contributed by atoms with van der Waals surface area (Å²) in [5.41, 5.74) is -0.174. The molecule has 16 heteroatoms. The van der Waals surface area contributed by atoms with Crippen LogP contribution >= 0.6 is 0 Å². The van der Waals surface area contributed by atoms with Crippen molar-refractivity contribution in [2.24, 2.45) is 0 Å². The van der Waals surface area contributed by atoms with Gasteiger partial charge >= 0.3 is 5.97 Å². The first kappa shape index (κ1) is 29.1. The quantitative estimate of drug-likeness (QED) is 0.118. The molecule has 1 aromatic rings. The predicted octanol–water partition coefficient (Wildman–Crippen LogP) is -3.68. The number of hydrogen-bond acceptors (Lipinski definition) is 15. The van der Waals surface area contributed by atoms with E-state index in [4.69, 9.17) is 28.4 Å². The number of nitrogens with one attached hydrogen (secondary N) is 1. The minimum atomic E-state index is -1.83. The summed E-state index contributed by atoms with van der Waals surface area (Å²) in [5.74, 6) is -1.62. The highest BCUT2D eigenvalue weighted by Gasteiger charge is 2.47. The SMILES string of the molecule is C=C1Oc2cc(OC)cc(C(=O)OCC3O[C@H](OCC4O[C@H](O)C(O)C(O)[C@@H]4O)C(O)C(O)[C@@H]3O)c2NC1=O. The molecule has 3 aliphatic heterocycles. The van der Waals surface area contributed by atoms with Crippen molar-refractivity contribution >= 4 is 17.6 Å². The van der Waals surface area contributed by atoms with Gasteiger partial charge in [-0.25, -0.2) is 4.79 Å². The number of benzene rings is 1. The number of carbonyl (C=O) groups excluding carboxylic acids is 2. The molecule has 0 spiro atoms. The average Bonchev–Trinajstić information content (AvgIpc) is 2.92. The lowest BCUT2D eigenvalue weighted by Gasteiger charge is -2.42. The largest absolute Gasteiger partial charge is 0.497 e. The van der Waals surface area contributed by atoms with E-state index in [1.165, 1.54) is 19.2 Å². The highest BCUT2D eigenvalue weighted by atomic mass is 16.7. The number of carbonyl (C=O) groups is 2. The number of methoxy groups -OCH3 is 1. The van der Waals surface area contributed by atoms with Crippen LogP contribution < -0.4 is 14.8 Å². The molecule has 8 N–H and O–H groups in total. The summed E-state index contributed by atoms with van der Waals surface area (Å²) in [5, 5.41) is 72.4. The van der Waals surface area contributed by atoms with Gasteiger partial charge in [-0.1, -0.05) is 6.58 Å². The van der Waals surface area contributed by atoms with Gasteiger partial charge in [0.15, 0.2) is 24.1 Å². The molecule has 6 unspecified atom stereocenters. The summed E-state index contributed by atoms with van der Waals surface area (Å²) in [7, 11) is 1.34. The van der Waals surface area contributed by atoms with Crippen molar-refractivity contribution in [2.75, 3.05) is 25.6 Å². The molecule has 0 bridgehead atoms. The van der Waals surface area contributed by atoms with Crippen molar-refractivity contribution in [3.05, 3.63) is 30.0 Å². The molecule has 3 heterocycles. The molecule has 0 radical (unpaired) electrons. The summed E-state index contributed by atoms with van der Waals surface area (Å²) >= 11 is 0. The summed E-state index contributed by atoms with van der Waals surface area (Å²) < 4.78 is 31.5. The molecule has 0 aliphatic carbocycles. The maximum Gasteiger partial charge on any atom is 0.340 e. The molecule has 2 fully saturated rings. The molecular weight excluding hydrogens is 530 g/mol. The van der Waals surface area contributed by atoms with Crippen molar-refractivity contribution in [1.82, 2.24) is 0 Å². The van der Waals surface area contributed by atoms with E-state index in [1.54, 1.807) is 0 Å². The molecule has 2 saturated heterocycles. The Bertz CT molecular complexity index is 1100. The van der Waals surface area contributed by atoms with Crippen molar-refractivity contribution in [3.8, 4) is 11.5 Å². The minimum absolute atomic E-state index is 0.0134. The second-order valence-corrected chi connectivity index (χ2v) is 9.01. The lowest BCUT2D eigenvalue weighted by molar-refractivity contribution is -0.325. The Labute approximate surface area is 220 Å². The van der Waals surface area contributed by atoms with Crippen LogP contribution in [-0.4, -0.2) is 129 Å². The Kier molecular flexibility index (Phi) is 8.72. The zero-order chi connectivity index (χ0) is 28.6. The van der Waals surface area contributed by atoms with Crippen molar-refractivity contribution in [3.63, 3.8) is 0 Å². The molecule has 16 nitrogen and oxygen atoms in total. The molecular formula is C23H29NO15. The molecule has 39 heavy (non-hydrogen) atoms. The number of esters is 1. The van der Waals surface area contributed by atoms with E-state index in [0.29, 0.717) is 0 Å². The number of fused-ring (bicyclic) bond motifs is 1. The van der Waals surface area contributed by atoms with Crippen LogP contribution in [0.3, 0.4) is 0 Å². The lowest BCUT2D eigenvalue weighted by atomic mass is 9.98. The zero-order valence-electron chi connectivity index (χ0n) is 20.4. The summed E-state index contributed by atoms with van der Waals surface area (Å²) in [6, 6.07) is 2.69. The van der Waals surface area contributed by atoms with Crippen LogP contribution in [0.25, 0.3) is 0 Å². The maximum atomic E-state index is 12.9. The van der Waals surface area contributed by atoms with Crippen molar-refractivity contribution in [2.45, 2.75) is 61.4 Å². The van der Waals surface area contributed by atoms with Crippen molar-refractivity contribution in [1.29, 1.82) is 0 Å². The molecule has 216 valence electrons. The van der Waals surface area contributed by atoms with E-state index in [0.717, 1.165) is 0 Å². The van der Waals surface area contributed by atoms with Gasteiger partial charge in [0.05, 0.1) is 25.0 Å². The highest BCUT2D eigenvalue weighted by Crippen LogP contribution is 2.38. The fraction of sp³-hybridized carbons (Fsp3) is 0.565. The van der Waals surface area contributed by atoms with Gasteiger partial charge in [0, 0.05) is 6.07 Å². The van der Waals surface area contributed by atoms with E-state index < -0.39 is 86.5 Å². The van der Waals surface area contributed by atoms with E-state index >= 15 is 0 Å². The molecule has 3 aliphatic rings. The van der Waals surface area contributed by atoms with E-state index in [9.17, 15) is 45.3 Å². The third kappa shape index (κ3) is 5.85. The first-order valence-electron chi connectivity index (χ1n) is 11.7. The minimum Gasteiger partial charge on any atom is -0.497 e. The lowest BCUT2D eigenvalue weighted by Crippen LogP contribution is -2.61. The van der Waals surface area contributed by atoms with Crippen LogP contribution in [0.2, 0.25) is 0 Å². The Morgan fingerprint density at radius 2 is 1.56 bits per heavy atom. The molecule has 1 amide bonds. The van der Waals surface area contributed by atoms with E-state index in [1.807, 2.05) is 0 Å². The summed E-state index contributed by atoms with van der Waals surface area (Å²) in [6.07, 6.45) is -16.8. The van der Waals surface area contributed by atoms with Gasteiger partial charge in [-0.3, -0.25) is 4.79 Å². The van der Waals surface area contributed by atoms with Crippen LogP contribution in [0.5, 0.6) is 11.5 Å². The molecule has 1 aromatic carbocycles. The van der Waals surface area contributed by atoms with Crippen LogP contribution in [-0.2, 0) is 23.7 Å². The van der Waals surface area contributed by atoms with Gasteiger partial charge in [-0.2, -0.15) is 0 Å². The first-order valence-corrected chi connectivity index (χ1v) is 11.7. The number of amides is 1. The summed E-state index contributed by atoms with van der Waals surface area (Å²) in [4.78, 5) is 24.9. The average molecular weight is 559 g/mol. The van der Waals surface area contributed by atoms with Gasteiger partial charge in [0.1, 0.15) is 61.2 Å². The van der Waals surface area contributed by atoms with Crippen LogP contribution in [0, 0.1) is 0 Å². The Balaban J connectivity index is 1.42. The third-order valence-corrected chi connectivity index (χ3v) is 6.42. The normalized spacial score (nSPS) is 36.4. The Morgan fingerprint density at radius 3 is 2.23 bits per heavy atom. The Morgan fingerprint density at radius 1 is 0.923 bits per heavy atom. The van der Waals surface area contributed by atoms with E-state index in [-0.39, 0.29) is 28.5 Å². The standard InChI is InChI=1S/C23H29NO15/c1-7-20(31)24-13-9(3-8(34-2)4-10(13)37-7)21(32)35-5-12-15(26)17(28)19(30)23(39-12)36-6-11-14(25)16(27)18(29)22(33)38-11/h3-4,11-12,14-19,22-23,25-30,33H,1,5-6H2,2H3,(H,24,31)/t11?,12?,14-,15-,16?,17?,18?,19?,22+,23+/m1/s1. The number of anilines is 1. The third-order valence-electron chi connectivity index (χ3n) is 6.42. The molecule has 0 aromatic heterocycles. The summed E-state index contributed by atoms with van der Waals surface area (Å²) in [6.45, 7) is 2.23. The monoisotopic (exact) mass is 559 g/mol. The number of rotatable bonds is 7. The van der Waals surface area contributed by atoms with Crippen LogP contribution in [0.15, 0.2) is 24.5 Å². The molecule has 10 atom stereocenters. The number of aliphatic hydroxyl groups is 7. The van der Waals surface area contributed by atoms with Crippen LogP contribution in [0.1, 0.15) is 10.4 Å². The van der Waals surface area contributed by atoms with Gasteiger partial charge in [-0.05, 0) is 6.07 Å². The second kappa shape index (κ2) is 11.7. The maximum absolute atomic E-state index is 12.9. The van der Waals surface area contributed by atoms with Crippen LogP contribution in [0.4, 0.5) is 5.69 Å². The van der Waals surface area contributed by atoms with E-state index in [2.05, 4.69) is 11.9 Å². The number of aliphatic hydroxyl groups excluding tert-OH is 7. The Hall–Kier alpha value is -2.90. The zero-order valence-corrected chi connectivity index (χ0v) is 20.4.